The van der Waals surface area contributed by atoms with Crippen molar-refractivity contribution in [2.75, 3.05) is 6.54 Å². The standard InChI is InChI=1S/C7H12N2O3S2/c1-3-4-8-14(11,12)6-5(2)9-7(10)13-6/h8H,3-4H2,1-2H3,(H,9,10). The summed E-state index contributed by atoms with van der Waals surface area (Å²) < 4.78 is 25.6. The summed E-state index contributed by atoms with van der Waals surface area (Å²) in [6, 6.07) is 0. The Labute approximate surface area is 86.2 Å². The van der Waals surface area contributed by atoms with Crippen molar-refractivity contribution in [3.8, 4) is 0 Å². The van der Waals surface area contributed by atoms with Gasteiger partial charge in [0.15, 0.2) is 4.21 Å². The van der Waals surface area contributed by atoms with Gasteiger partial charge in [-0.15, -0.1) is 0 Å². The van der Waals surface area contributed by atoms with Gasteiger partial charge in [-0.25, -0.2) is 13.1 Å². The van der Waals surface area contributed by atoms with Gasteiger partial charge in [0, 0.05) is 12.2 Å². The molecule has 1 aromatic heterocycles. The molecule has 80 valence electrons. The molecule has 7 heteroatoms. The highest BCUT2D eigenvalue weighted by atomic mass is 32.2. The third-order valence-corrected chi connectivity index (χ3v) is 4.63. The monoisotopic (exact) mass is 236 g/mol. The van der Waals surface area contributed by atoms with Crippen LogP contribution >= 0.6 is 11.3 Å². The average molecular weight is 236 g/mol. The molecule has 0 saturated carbocycles. The molecule has 0 aromatic carbocycles. The van der Waals surface area contributed by atoms with Crippen LogP contribution in [0.2, 0.25) is 0 Å². The maximum Gasteiger partial charge on any atom is 0.305 e. The number of hydrogen-bond donors (Lipinski definition) is 2. The van der Waals surface area contributed by atoms with Crippen molar-refractivity contribution in [1.82, 2.24) is 9.71 Å². The van der Waals surface area contributed by atoms with E-state index in [2.05, 4.69) is 9.71 Å². The van der Waals surface area contributed by atoms with Crippen LogP contribution in [0, 0.1) is 6.92 Å². The van der Waals surface area contributed by atoms with Crippen LogP contribution in [-0.4, -0.2) is 19.9 Å². The molecule has 1 aromatic rings. The Hall–Kier alpha value is -0.660. The fourth-order valence-electron chi connectivity index (χ4n) is 0.949. The second kappa shape index (κ2) is 4.24. The van der Waals surface area contributed by atoms with Crippen molar-refractivity contribution in [3.05, 3.63) is 15.4 Å². The zero-order valence-corrected chi connectivity index (χ0v) is 9.59. The molecule has 0 saturated heterocycles. The first-order valence-electron chi connectivity index (χ1n) is 4.16. The molecule has 0 amide bonds. The van der Waals surface area contributed by atoms with Gasteiger partial charge in [0.05, 0.1) is 0 Å². The van der Waals surface area contributed by atoms with Crippen molar-refractivity contribution >= 4 is 21.4 Å². The van der Waals surface area contributed by atoms with E-state index in [1.165, 1.54) is 0 Å². The Bertz CT molecular complexity index is 458. The highest BCUT2D eigenvalue weighted by Crippen LogP contribution is 2.14. The van der Waals surface area contributed by atoms with Gasteiger partial charge in [-0.1, -0.05) is 18.3 Å². The molecule has 0 bridgehead atoms. The molecule has 2 N–H and O–H groups in total. The fraction of sp³-hybridized carbons (Fsp3) is 0.571. The SMILES string of the molecule is CCCNS(=O)(=O)c1sc(=O)[nH]c1C. The van der Waals surface area contributed by atoms with E-state index in [1.807, 2.05) is 6.92 Å². The number of sulfonamides is 1. The molecular formula is C7H12N2O3S2. The van der Waals surface area contributed by atoms with Crippen LogP contribution in [-0.2, 0) is 10.0 Å². The zero-order valence-electron chi connectivity index (χ0n) is 7.96. The lowest BCUT2D eigenvalue weighted by molar-refractivity contribution is 0.582. The van der Waals surface area contributed by atoms with E-state index in [-0.39, 0.29) is 9.08 Å². The predicted molar refractivity (Wildman–Crippen MR) is 55.2 cm³/mol. The quantitative estimate of drug-likeness (QED) is 0.795. The van der Waals surface area contributed by atoms with Crippen LogP contribution < -0.4 is 9.60 Å². The van der Waals surface area contributed by atoms with Gasteiger partial charge < -0.3 is 4.98 Å². The maximum atomic E-state index is 11.6. The van der Waals surface area contributed by atoms with Crippen LogP contribution in [0.1, 0.15) is 19.0 Å². The first-order chi connectivity index (χ1) is 6.47. The summed E-state index contributed by atoms with van der Waals surface area (Å²) in [4.78, 5) is 13.0. The topological polar surface area (TPSA) is 79.0 Å². The average Bonchev–Trinajstić information content (AvgIpc) is 2.42. The molecule has 0 radical (unpaired) electrons. The number of aromatic nitrogens is 1. The number of thiazole rings is 1. The van der Waals surface area contributed by atoms with Crippen molar-refractivity contribution in [1.29, 1.82) is 0 Å². The largest absolute Gasteiger partial charge is 0.315 e. The van der Waals surface area contributed by atoms with Crippen LogP contribution in [0.4, 0.5) is 0 Å². The number of aryl methyl sites for hydroxylation is 1. The lowest BCUT2D eigenvalue weighted by atomic mass is 10.5. The molecule has 0 aliphatic heterocycles. The minimum absolute atomic E-state index is 0.0796. The number of hydrogen-bond acceptors (Lipinski definition) is 4. The van der Waals surface area contributed by atoms with Gasteiger partial charge in [-0.3, -0.25) is 4.79 Å². The van der Waals surface area contributed by atoms with Crippen molar-refractivity contribution < 1.29 is 8.42 Å². The second-order valence-corrected chi connectivity index (χ2v) is 5.77. The van der Waals surface area contributed by atoms with Crippen molar-refractivity contribution in [3.63, 3.8) is 0 Å². The maximum absolute atomic E-state index is 11.6. The summed E-state index contributed by atoms with van der Waals surface area (Å²) in [5.74, 6) is 0. The number of aromatic amines is 1. The van der Waals surface area contributed by atoms with E-state index in [0.29, 0.717) is 23.6 Å². The first kappa shape index (κ1) is 11.4. The summed E-state index contributed by atoms with van der Waals surface area (Å²) in [6.45, 7) is 3.82. The molecule has 0 aliphatic rings. The fourth-order valence-corrected chi connectivity index (χ4v) is 3.43. The molecule has 14 heavy (non-hydrogen) atoms. The van der Waals surface area contributed by atoms with Gasteiger partial charge in [-0.2, -0.15) is 0 Å². The summed E-state index contributed by atoms with van der Waals surface area (Å²) >= 11 is 0.710. The van der Waals surface area contributed by atoms with Gasteiger partial charge in [-0.05, 0) is 13.3 Å². The second-order valence-electron chi connectivity index (χ2n) is 2.82. The van der Waals surface area contributed by atoms with Crippen LogP contribution in [0.25, 0.3) is 0 Å². The highest BCUT2D eigenvalue weighted by Gasteiger charge is 2.19. The predicted octanol–water partition coefficient (Wildman–Crippen LogP) is 0.433. The molecular weight excluding hydrogens is 224 g/mol. The lowest BCUT2D eigenvalue weighted by Gasteiger charge is -2.02. The summed E-state index contributed by atoms with van der Waals surface area (Å²) in [5, 5.41) is 0. The molecule has 0 spiro atoms. The Morgan fingerprint density at radius 1 is 1.50 bits per heavy atom. The Balaban J connectivity index is 3.04. The molecule has 0 fully saturated rings. The molecule has 0 aliphatic carbocycles. The van der Waals surface area contributed by atoms with E-state index >= 15 is 0 Å². The van der Waals surface area contributed by atoms with Gasteiger partial charge in [0.2, 0.25) is 0 Å². The lowest BCUT2D eigenvalue weighted by Crippen LogP contribution is -2.24. The van der Waals surface area contributed by atoms with Gasteiger partial charge in [0.25, 0.3) is 10.0 Å². The molecule has 0 unspecified atom stereocenters. The molecule has 1 heterocycles. The van der Waals surface area contributed by atoms with Crippen molar-refractivity contribution in [2.45, 2.75) is 24.5 Å². The zero-order chi connectivity index (χ0) is 10.8. The van der Waals surface area contributed by atoms with Gasteiger partial charge in [0.1, 0.15) is 0 Å². The molecule has 5 nitrogen and oxygen atoms in total. The Morgan fingerprint density at radius 3 is 2.57 bits per heavy atom. The normalized spacial score (nSPS) is 11.9. The number of nitrogens with one attached hydrogen (secondary N) is 2. The van der Waals surface area contributed by atoms with Crippen LogP contribution in [0.3, 0.4) is 0 Å². The smallest absolute Gasteiger partial charge is 0.305 e. The van der Waals surface area contributed by atoms with Crippen LogP contribution in [0.5, 0.6) is 0 Å². The van der Waals surface area contributed by atoms with E-state index < -0.39 is 10.0 Å². The minimum atomic E-state index is -3.49. The van der Waals surface area contributed by atoms with E-state index in [0.717, 1.165) is 6.42 Å². The van der Waals surface area contributed by atoms with Gasteiger partial charge >= 0.3 is 4.87 Å². The Kier molecular flexibility index (Phi) is 3.46. The van der Waals surface area contributed by atoms with E-state index in [4.69, 9.17) is 0 Å². The third-order valence-electron chi connectivity index (χ3n) is 1.57. The summed E-state index contributed by atoms with van der Waals surface area (Å²) in [6.07, 6.45) is 0.720. The summed E-state index contributed by atoms with van der Waals surface area (Å²) in [5.41, 5.74) is 0.392. The third kappa shape index (κ3) is 2.43. The van der Waals surface area contributed by atoms with Crippen LogP contribution in [0.15, 0.2) is 9.00 Å². The van der Waals surface area contributed by atoms with E-state index in [9.17, 15) is 13.2 Å². The molecule has 0 atom stereocenters. The van der Waals surface area contributed by atoms with Crippen molar-refractivity contribution in [2.24, 2.45) is 0 Å². The minimum Gasteiger partial charge on any atom is -0.315 e. The Morgan fingerprint density at radius 2 is 2.14 bits per heavy atom. The highest BCUT2D eigenvalue weighted by molar-refractivity contribution is 7.91. The number of H-pyrrole nitrogens is 1. The number of rotatable bonds is 4. The first-order valence-corrected chi connectivity index (χ1v) is 6.46. The molecule has 1 rings (SSSR count). The van der Waals surface area contributed by atoms with E-state index in [1.54, 1.807) is 6.92 Å². The summed E-state index contributed by atoms with van der Waals surface area (Å²) in [7, 11) is -3.49.